The minimum absolute atomic E-state index is 0.761. The highest BCUT2D eigenvalue weighted by molar-refractivity contribution is 9.10. The molecule has 0 amide bonds. The highest BCUT2D eigenvalue weighted by atomic mass is 79.9. The van der Waals surface area contributed by atoms with Crippen LogP contribution in [0, 0.1) is 12.8 Å². The van der Waals surface area contributed by atoms with E-state index in [0.29, 0.717) is 0 Å². The van der Waals surface area contributed by atoms with E-state index in [-0.39, 0.29) is 0 Å². The average molecular weight is 295 g/mol. The van der Waals surface area contributed by atoms with Gasteiger partial charge in [0.15, 0.2) is 0 Å². The minimum Gasteiger partial charge on any atom is -0.353 e. The van der Waals surface area contributed by atoms with E-state index in [1.165, 1.54) is 50.0 Å². The SMILES string of the molecule is Cc1cc(N2CCCC3CCCC32)ncc1Br. The molecule has 2 fully saturated rings. The number of piperidine rings is 1. The number of aromatic nitrogens is 1. The summed E-state index contributed by atoms with van der Waals surface area (Å²) in [6.45, 7) is 3.33. The van der Waals surface area contributed by atoms with E-state index in [9.17, 15) is 0 Å². The molecule has 1 saturated carbocycles. The van der Waals surface area contributed by atoms with Gasteiger partial charge in [-0.05, 0) is 66.1 Å². The van der Waals surface area contributed by atoms with Crippen molar-refractivity contribution in [3.8, 4) is 0 Å². The maximum Gasteiger partial charge on any atom is 0.129 e. The second-order valence-electron chi connectivity index (χ2n) is 5.39. The molecule has 0 bridgehead atoms. The second-order valence-corrected chi connectivity index (χ2v) is 6.24. The molecule has 1 aliphatic heterocycles. The summed E-state index contributed by atoms with van der Waals surface area (Å²) in [5.74, 6) is 2.11. The van der Waals surface area contributed by atoms with Crippen LogP contribution in [0.15, 0.2) is 16.7 Å². The van der Waals surface area contributed by atoms with E-state index >= 15 is 0 Å². The van der Waals surface area contributed by atoms with Crippen molar-refractivity contribution < 1.29 is 0 Å². The van der Waals surface area contributed by atoms with Gasteiger partial charge in [-0.3, -0.25) is 0 Å². The molecule has 2 unspecified atom stereocenters. The number of fused-ring (bicyclic) bond motifs is 1. The summed E-state index contributed by atoms with van der Waals surface area (Å²) in [6.07, 6.45) is 8.90. The molecule has 1 aromatic rings. The van der Waals surface area contributed by atoms with Crippen molar-refractivity contribution in [2.24, 2.45) is 5.92 Å². The monoisotopic (exact) mass is 294 g/mol. The van der Waals surface area contributed by atoms with Crippen molar-refractivity contribution in [3.63, 3.8) is 0 Å². The number of hydrogen-bond donors (Lipinski definition) is 0. The Morgan fingerprint density at radius 1 is 1.29 bits per heavy atom. The van der Waals surface area contributed by atoms with Gasteiger partial charge < -0.3 is 4.90 Å². The lowest BCUT2D eigenvalue weighted by Gasteiger charge is -2.38. The molecular weight excluding hydrogens is 276 g/mol. The van der Waals surface area contributed by atoms with E-state index in [2.05, 4.69) is 38.8 Å². The van der Waals surface area contributed by atoms with Crippen LogP contribution >= 0.6 is 15.9 Å². The zero-order chi connectivity index (χ0) is 11.8. The first-order chi connectivity index (χ1) is 8.25. The topological polar surface area (TPSA) is 16.1 Å². The van der Waals surface area contributed by atoms with Gasteiger partial charge in [0, 0.05) is 23.3 Å². The van der Waals surface area contributed by atoms with Gasteiger partial charge in [0.05, 0.1) is 0 Å². The number of pyridine rings is 1. The summed E-state index contributed by atoms with van der Waals surface area (Å²) in [7, 11) is 0. The van der Waals surface area contributed by atoms with Crippen molar-refractivity contribution in [3.05, 3.63) is 22.3 Å². The van der Waals surface area contributed by atoms with Crippen LogP contribution < -0.4 is 4.90 Å². The first kappa shape index (κ1) is 11.5. The lowest BCUT2D eigenvalue weighted by molar-refractivity contribution is 0.360. The lowest BCUT2D eigenvalue weighted by Crippen LogP contribution is -2.43. The summed E-state index contributed by atoms with van der Waals surface area (Å²) in [6, 6.07) is 2.99. The van der Waals surface area contributed by atoms with Gasteiger partial charge in [-0.2, -0.15) is 0 Å². The largest absolute Gasteiger partial charge is 0.353 e. The fourth-order valence-electron chi connectivity index (χ4n) is 3.42. The summed E-state index contributed by atoms with van der Waals surface area (Å²) >= 11 is 3.53. The van der Waals surface area contributed by atoms with Gasteiger partial charge in [-0.25, -0.2) is 4.98 Å². The number of nitrogens with zero attached hydrogens (tertiary/aromatic N) is 2. The van der Waals surface area contributed by atoms with Crippen LogP contribution in [0.1, 0.15) is 37.7 Å². The van der Waals surface area contributed by atoms with Crippen molar-refractivity contribution in [1.29, 1.82) is 0 Å². The van der Waals surface area contributed by atoms with Crippen LogP contribution in [0.5, 0.6) is 0 Å². The Bertz CT molecular complexity index is 419. The van der Waals surface area contributed by atoms with Gasteiger partial charge in [0.1, 0.15) is 5.82 Å². The molecule has 2 atom stereocenters. The molecule has 0 N–H and O–H groups in total. The van der Waals surface area contributed by atoms with E-state index in [0.717, 1.165) is 16.4 Å². The first-order valence-electron chi connectivity index (χ1n) is 6.64. The maximum absolute atomic E-state index is 4.60. The Kier molecular flexibility index (Phi) is 3.12. The number of anilines is 1. The maximum atomic E-state index is 4.60. The molecule has 3 heteroatoms. The minimum atomic E-state index is 0.761. The van der Waals surface area contributed by atoms with Crippen molar-refractivity contribution in [2.45, 2.75) is 45.1 Å². The third-order valence-corrected chi connectivity index (χ3v) is 5.15. The molecule has 1 aromatic heterocycles. The molecule has 2 heterocycles. The van der Waals surface area contributed by atoms with Crippen LogP contribution in [0.4, 0.5) is 5.82 Å². The Hall–Kier alpha value is -0.570. The van der Waals surface area contributed by atoms with Crippen LogP contribution in [0.25, 0.3) is 0 Å². The molecule has 3 rings (SSSR count). The van der Waals surface area contributed by atoms with Crippen molar-refractivity contribution in [2.75, 3.05) is 11.4 Å². The number of rotatable bonds is 1. The van der Waals surface area contributed by atoms with Crippen LogP contribution in [-0.2, 0) is 0 Å². The molecule has 0 aromatic carbocycles. The normalized spacial score (nSPS) is 28.2. The zero-order valence-corrected chi connectivity index (χ0v) is 11.9. The van der Waals surface area contributed by atoms with E-state index in [1.54, 1.807) is 0 Å². The molecule has 1 aliphatic carbocycles. The number of aryl methyl sites for hydroxylation is 1. The highest BCUT2D eigenvalue weighted by Gasteiger charge is 2.35. The predicted molar refractivity (Wildman–Crippen MR) is 74.4 cm³/mol. The number of hydrogen-bond acceptors (Lipinski definition) is 2. The molecule has 2 nitrogen and oxygen atoms in total. The van der Waals surface area contributed by atoms with Crippen molar-refractivity contribution in [1.82, 2.24) is 4.98 Å². The number of halogens is 1. The Labute approximate surface area is 112 Å². The van der Waals surface area contributed by atoms with Gasteiger partial charge >= 0.3 is 0 Å². The molecule has 0 radical (unpaired) electrons. The second kappa shape index (κ2) is 4.60. The summed E-state index contributed by atoms with van der Waals surface area (Å²) in [5.41, 5.74) is 1.29. The predicted octanol–water partition coefficient (Wildman–Crippen LogP) is 3.92. The fourth-order valence-corrected chi connectivity index (χ4v) is 3.64. The lowest BCUT2D eigenvalue weighted by atomic mass is 9.92. The Morgan fingerprint density at radius 2 is 2.12 bits per heavy atom. The van der Waals surface area contributed by atoms with Gasteiger partial charge in [-0.15, -0.1) is 0 Å². The molecule has 92 valence electrons. The Balaban J connectivity index is 1.89. The Morgan fingerprint density at radius 3 is 2.94 bits per heavy atom. The third-order valence-electron chi connectivity index (χ3n) is 4.32. The van der Waals surface area contributed by atoms with E-state index < -0.39 is 0 Å². The summed E-state index contributed by atoms with van der Waals surface area (Å²) in [4.78, 5) is 7.16. The third kappa shape index (κ3) is 2.10. The van der Waals surface area contributed by atoms with E-state index in [1.807, 2.05) is 6.20 Å². The fraction of sp³-hybridized carbons (Fsp3) is 0.643. The van der Waals surface area contributed by atoms with Gasteiger partial charge in [0.2, 0.25) is 0 Å². The van der Waals surface area contributed by atoms with Crippen LogP contribution in [0.2, 0.25) is 0 Å². The summed E-state index contributed by atoms with van der Waals surface area (Å²) in [5, 5.41) is 0. The molecule has 0 spiro atoms. The highest BCUT2D eigenvalue weighted by Crippen LogP contribution is 2.38. The first-order valence-corrected chi connectivity index (χ1v) is 7.44. The van der Waals surface area contributed by atoms with Gasteiger partial charge in [-0.1, -0.05) is 6.42 Å². The van der Waals surface area contributed by atoms with Crippen LogP contribution in [0.3, 0.4) is 0 Å². The molecule has 1 saturated heterocycles. The molecule has 17 heavy (non-hydrogen) atoms. The van der Waals surface area contributed by atoms with Crippen LogP contribution in [-0.4, -0.2) is 17.6 Å². The molecular formula is C14H19BrN2. The quantitative estimate of drug-likeness (QED) is 0.780. The average Bonchev–Trinajstić information content (AvgIpc) is 2.80. The zero-order valence-electron chi connectivity index (χ0n) is 10.3. The summed E-state index contributed by atoms with van der Waals surface area (Å²) < 4.78 is 1.11. The smallest absolute Gasteiger partial charge is 0.129 e. The van der Waals surface area contributed by atoms with E-state index in [4.69, 9.17) is 0 Å². The standard InChI is InChI=1S/C14H19BrN2/c1-10-8-14(16-9-12(10)15)17-7-3-5-11-4-2-6-13(11)17/h8-9,11,13H,2-7H2,1H3. The van der Waals surface area contributed by atoms with Gasteiger partial charge in [0.25, 0.3) is 0 Å². The molecule has 2 aliphatic rings. The van der Waals surface area contributed by atoms with Crippen molar-refractivity contribution >= 4 is 21.7 Å².